The summed E-state index contributed by atoms with van der Waals surface area (Å²) in [5, 5.41) is 40.1. The Labute approximate surface area is 366 Å². The lowest BCUT2D eigenvalue weighted by atomic mass is 9.99. The number of carbonyl (C=O) groups excluding carboxylic acids is 2. The first-order valence-corrected chi connectivity index (χ1v) is 24.9. The molecule has 6 unspecified atom stereocenters. The van der Waals surface area contributed by atoms with Crippen LogP contribution in [0, 0.1) is 0 Å². The topological polar surface area (TPSA) is 152 Å². The van der Waals surface area contributed by atoms with E-state index in [-0.39, 0.29) is 32.0 Å². The van der Waals surface area contributed by atoms with E-state index < -0.39 is 49.4 Å². The lowest BCUT2D eigenvalue weighted by Crippen LogP contribution is -2.59. The van der Waals surface area contributed by atoms with Crippen LogP contribution >= 0.6 is 0 Å². The molecule has 4 N–H and O–H groups in total. The van der Waals surface area contributed by atoms with Gasteiger partial charge in [0, 0.05) is 12.8 Å². The van der Waals surface area contributed by atoms with E-state index in [1.54, 1.807) is 0 Å². The molecule has 352 valence electrons. The van der Waals surface area contributed by atoms with Crippen LogP contribution in [0.2, 0.25) is 0 Å². The highest BCUT2D eigenvalue weighted by Gasteiger charge is 2.44. The summed E-state index contributed by atoms with van der Waals surface area (Å²) in [4.78, 5) is 25.4. The number of hydrogen-bond acceptors (Lipinski definition) is 10. The van der Waals surface area contributed by atoms with E-state index in [0.29, 0.717) is 6.42 Å². The van der Waals surface area contributed by atoms with Gasteiger partial charge < -0.3 is 39.4 Å². The quantitative estimate of drug-likeness (QED) is 0.0265. The number of hydrogen-bond donors (Lipinski definition) is 4. The summed E-state index contributed by atoms with van der Waals surface area (Å²) in [6, 6.07) is 0. The van der Waals surface area contributed by atoms with Gasteiger partial charge in [0.05, 0.1) is 13.2 Å². The Morgan fingerprint density at radius 3 is 1.33 bits per heavy atom. The van der Waals surface area contributed by atoms with E-state index in [9.17, 15) is 30.0 Å². The van der Waals surface area contributed by atoms with Gasteiger partial charge in [-0.1, -0.05) is 173 Å². The minimum Gasteiger partial charge on any atom is -0.462 e. The predicted octanol–water partition coefficient (Wildman–Crippen LogP) is 11.3. The third kappa shape index (κ3) is 31.9. The zero-order chi connectivity index (χ0) is 43.7. The van der Waals surface area contributed by atoms with Gasteiger partial charge in [-0.2, -0.15) is 0 Å². The Bertz CT molecular complexity index is 1030. The number of aliphatic hydroxyl groups is 4. The Hall–Kier alpha value is -1.82. The molecule has 0 aromatic carbocycles. The number of rotatable bonds is 42. The molecule has 1 fully saturated rings. The van der Waals surface area contributed by atoms with Crippen LogP contribution in [0.25, 0.3) is 0 Å². The maximum absolute atomic E-state index is 12.8. The van der Waals surface area contributed by atoms with E-state index in [0.717, 1.165) is 64.2 Å². The van der Waals surface area contributed by atoms with Crippen LogP contribution in [0.4, 0.5) is 0 Å². The Kier molecular flexibility index (Phi) is 38.6. The molecule has 6 atom stereocenters. The summed E-state index contributed by atoms with van der Waals surface area (Å²) in [5.74, 6) is -0.811. The van der Waals surface area contributed by atoms with Crippen molar-refractivity contribution in [2.75, 3.05) is 19.8 Å². The number of unbranched alkanes of at least 4 members (excludes halogenated alkanes) is 27. The molecule has 0 aromatic heterocycles. The fourth-order valence-electron chi connectivity index (χ4n) is 7.59. The highest BCUT2D eigenvalue weighted by Crippen LogP contribution is 2.23. The van der Waals surface area contributed by atoms with Crippen molar-refractivity contribution in [1.82, 2.24) is 0 Å². The van der Waals surface area contributed by atoms with E-state index in [4.69, 9.17) is 18.9 Å². The van der Waals surface area contributed by atoms with Crippen molar-refractivity contribution in [3.05, 3.63) is 24.3 Å². The third-order valence-corrected chi connectivity index (χ3v) is 11.6. The fraction of sp³-hybridized carbons (Fsp3) is 0.880. The van der Waals surface area contributed by atoms with E-state index in [2.05, 4.69) is 38.2 Å². The molecular formula is C50H92O10. The third-order valence-electron chi connectivity index (χ3n) is 11.6. The monoisotopic (exact) mass is 853 g/mol. The lowest BCUT2D eigenvalue weighted by Gasteiger charge is -2.39. The molecule has 1 saturated heterocycles. The molecule has 10 heteroatoms. The van der Waals surface area contributed by atoms with Gasteiger partial charge in [0.1, 0.15) is 31.0 Å². The van der Waals surface area contributed by atoms with Crippen LogP contribution in [0.1, 0.15) is 226 Å². The molecule has 1 rings (SSSR count). The summed E-state index contributed by atoms with van der Waals surface area (Å²) in [7, 11) is 0. The van der Waals surface area contributed by atoms with E-state index >= 15 is 0 Å². The van der Waals surface area contributed by atoms with Gasteiger partial charge in [0.2, 0.25) is 0 Å². The lowest BCUT2D eigenvalue weighted by molar-refractivity contribution is -0.305. The predicted molar refractivity (Wildman–Crippen MR) is 243 cm³/mol. The fourth-order valence-corrected chi connectivity index (χ4v) is 7.59. The number of carbonyl (C=O) groups is 2. The van der Waals surface area contributed by atoms with Crippen molar-refractivity contribution in [3.8, 4) is 0 Å². The molecule has 10 nitrogen and oxygen atoms in total. The summed E-state index contributed by atoms with van der Waals surface area (Å²) >= 11 is 0. The molecule has 1 aliphatic heterocycles. The molecular weight excluding hydrogens is 761 g/mol. The first-order chi connectivity index (χ1) is 29.3. The molecule has 0 saturated carbocycles. The van der Waals surface area contributed by atoms with Gasteiger partial charge >= 0.3 is 11.9 Å². The normalized spacial score (nSPS) is 20.0. The van der Waals surface area contributed by atoms with Gasteiger partial charge in [-0.3, -0.25) is 9.59 Å². The Balaban J connectivity index is 2.23. The number of esters is 2. The summed E-state index contributed by atoms with van der Waals surface area (Å²) in [6.45, 7) is 3.41. The maximum atomic E-state index is 12.8. The zero-order valence-corrected chi connectivity index (χ0v) is 38.5. The second kappa shape index (κ2) is 41.2. The minimum absolute atomic E-state index is 0.219. The first-order valence-electron chi connectivity index (χ1n) is 24.9. The highest BCUT2D eigenvalue weighted by atomic mass is 16.7. The highest BCUT2D eigenvalue weighted by molar-refractivity contribution is 5.70. The Morgan fingerprint density at radius 2 is 0.883 bits per heavy atom. The molecule has 0 bridgehead atoms. The van der Waals surface area contributed by atoms with Crippen LogP contribution < -0.4 is 0 Å². The molecule has 60 heavy (non-hydrogen) atoms. The maximum Gasteiger partial charge on any atom is 0.306 e. The average Bonchev–Trinajstić information content (AvgIpc) is 3.25. The van der Waals surface area contributed by atoms with E-state index in [1.165, 1.54) is 128 Å². The van der Waals surface area contributed by atoms with Crippen LogP contribution in [0.15, 0.2) is 24.3 Å². The average molecular weight is 853 g/mol. The molecule has 1 aliphatic rings. The van der Waals surface area contributed by atoms with Crippen LogP contribution in [-0.2, 0) is 28.5 Å². The molecule has 1 heterocycles. The van der Waals surface area contributed by atoms with Crippen molar-refractivity contribution in [2.24, 2.45) is 0 Å². The standard InChI is InChI=1S/C50H92O10/c1-3-5-7-9-11-13-15-17-18-19-20-21-22-23-24-25-26-27-29-31-33-35-37-39-46(53)59-43(42-58-50-49(56)48(55)47(54)44(40-51)60-50)41-57-45(52)38-36-34-32-30-28-16-14-12-10-8-6-4-2/h12,14,19-20,43-44,47-51,54-56H,3-11,13,15-18,21-42H2,1-2H3/b14-12-,20-19-. The molecule has 0 aliphatic carbocycles. The number of aliphatic hydroxyl groups excluding tert-OH is 4. The van der Waals surface area contributed by atoms with Gasteiger partial charge in [0.15, 0.2) is 12.4 Å². The first kappa shape index (κ1) is 56.2. The van der Waals surface area contributed by atoms with E-state index in [1.807, 2.05) is 0 Å². The van der Waals surface area contributed by atoms with Crippen LogP contribution in [0.5, 0.6) is 0 Å². The number of allylic oxidation sites excluding steroid dienone is 4. The second-order valence-corrected chi connectivity index (χ2v) is 17.3. The van der Waals surface area contributed by atoms with Crippen molar-refractivity contribution >= 4 is 11.9 Å². The van der Waals surface area contributed by atoms with Gasteiger partial charge in [-0.25, -0.2) is 0 Å². The molecule has 0 aromatic rings. The van der Waals surface area contributed by atoms with Crippen molar-refractivity contribution < 1.29 is 49.0 Å². The van der Waals surface area contributed by atoms with Gasteiger partial charge in [-0.05, 0) is 64.2 Å². The summed E-state index contributed by atoms with van der Waals surface area (Å²) < 4.78 is 22.2. The van der Waals surface area contributed by atoms with Crippen molar-refractivity contribution in [1.29, 1.82) is 0 Å². The summed E-state index contributed by atoms with van der Waals surface area (Å²) in [6.07, 6.45) is 39.1. The molecule has 0 amide bonds. The second-order valence-electron chi connectivity index (χ2n) is 17.3. The number of ether oxygens (including phenoxy) is 4. The Morgan fingerprint density at radius 1 is 0.500 bits per heavy atom. The van der Waals surface area contributed by atoms with Crippen LogP contribution in [0.3, 0.4) is 0 Å². The minimum atomic E-state index is -1.59. The van der Waals surface area contributed by atoms with Gasteiger partial charge in [-0.15, -0.1) is 0 Å². The molecule has 0 radical (unpaired) electrons. The summed E-state index contributed by atoms with van der Waals surface area (Å²) in [5.41, 5.74) is 0. The van der Waals surface area contributed by atoms with Crippen molar-refractivity contribution in [3.63, 3.8) is 0 Å². The van der Waals surface area contributed by atoms with Crippen LogP contribution in [-0.4, -0.2) is 89.0 Å². The smallest absolute Gasteiger partial charge is 0.306 e. The largest absolute Gasteiger partial charge is 0.462 e. The van der Waals surface area contributed by atoms with Gasteiger partial charge in [0.25, 0.3) is 0 Å². The van der Waals surface area contributed by atoms with Crippen molar-refractivity contribution in [2.45, 2.75) is 263 Å². The zero-order valence-electron chi connectivity index (χ0n) is 38.5. The molecule has 0 spiro atoms. The SMILES string of the molecule is CCCCC/C=C\CCCCCCCC(=O)OCC(COC1OC(CO)C(O)C(O)C1O)OC(=O)CCCCCCCCCCCCC/C=C\CCCCCCCCCC.